The molecule has 0 spiro atoms. The SMILES string of the molecule is CCOc1ccc(NC(=O)c2ccc(NC(=O)C(N)C(C)CC)cc2)cc1.Cl. The number of carbonyl (C=O) groups excluding carboxylic acids is 2. The minimum atomic E-state index is -0.558. The normalized spacial score (nSPS) is 12.3. The van der Waals surface area contributed by atoms with Crippen LogP contribution in [-0.2, 0) is 4.79 Å². The largest absolute Gasteiger partial charge is 0.494 e. The lowest BCUT2D eigenvalue weighted by molar-refractivity contribution is -0.118. The van der Waals surface area contributed by atoms with Gasteiger partial charge in [-0.25, -0.2) is 0 Å². The second-order valence-corrected chi connectivity index (χ2v) is 6.39. The maximum absolute atomic E-state index is 12.3. The van der Waals surface area contributed by atoms with Crippen LogP contribution in [0.2, 0.25) is 0 Å². The highest BCUT2D eigenvalue weighted by molar-refractivity contribution is 6.04. The average Bonchev–Trinajstić information content (AvgIpc) is 2.69. The number of nitrogens with one attached hydrogen (secondary N) is 2. The van der Waals surface area contributed by atoms with Gasteiger partial charge in [-0.05, 0) is 61.4 Å². The van der Waals surface area contributed by atoms with Gasteiger partial charge in [-0.2, -0.15) is 0 Å². The molecule has 4 N–H and O–H groups in total. The van der Waals surface area contributed by atoms with Crippen LogP contribution in [0.3, 0.4) is 0 Å². The Balaban J connectivity index is 0.00000392. The molecule has 2 atom stereocenters. The fourth-order valence-corrected chi connectivity index (χ4v) is 2.45. The molecule has 28 heavy (non-hydrogen) atoms. The summed E-state index contributed by atoms with van der Waals surface area (Å²) in [7, 11) is 0. The predicted molar refractivity (Wildman–Crippen MR) is 115 cm³/mol. The van der Waals surface area contributed by atoms with Gasteiger partial charge < -0.3 is 21.1 Å². The van der Waals surface area contributed by atoms with Crippen LogP contribution < -0.4 is 21.1 Å². The molecule has 0 fully saturated rings. The van der Waals surface area contributed by atoms with Crippen LogP contribution in [0.4, 0.5) is 11.4 Å². The highest BCUT2D eigenvalue weighted by Crippen LogP contribution is 2.17. The number of nitrogens with two attached hydrogens (primary N) is 1. The summed E-state index contributed by atoms with van der Waals surface area (Å²) in [6, 6.07) is 13.3. The van der Waals surface area contributed by atoms with E-state index in [-0.39, 0.29) is 30.1 Å². The van der Waals surface area contributed by atoms with Crippen molar-refractivity contribution in [3.63, 3.8) is 0 Å². The van der Waals surface area contributed by atoms with Crippen molar-refractivity contribution >= 4 is 35.6 Å². The molecule has 0 saturated heterocycles. The zero-order valence-electron chi connectivity index (χ0n) is 16.4. The lowest BCUT2D eigenvalue weighted by Gasteiger charge is -2.17. The second kappa shape index (κ2) is 11.3. The van der Waals surface area contributed by atoms with E-state index in [1.54, 1.807) is 48.5 Å². The molecule has 0 aliphatic heterocycles. The second-order valence-electron chi connectivity index (χ2n) is 6.39. The first-order valence-corrected chi connectivity index (χ1v) is 9.15. The van der Waals surface area contributed by atoms with Crippen LogP contribution in [0.5, 0.6) is 5.75 Å². The number of benzene rings is 2. The van der Waals surface area contributed by atoms with Crippen molar-refractivity contribution in [2.75, 3.05) is 17.2 Å². The summed E-state index contributed by atoms with van der Waals surface area (Å²) in [5, 5.41) is 5.61. The minimum absolute atomic E-state index is 0. The van der Waals surface area contributed by atoms with Gasteiger partial charge in [0.2, 0.25) is 5.91 Å². The van der Waals surface area contributed by atoms with E-state index in [0.717, 1.165) is 12.2 Å². The fourth-order valence-electron chi connectivity index (χ4n) is 2.45. The van der Waals surface area contributed by atoms with Crippen LogP contribution in [-0.4, -0.2) is 24.5 Å². The van der Waals surface area contributed by atoms with Crippen molar-refractivity contribution < 1.29 is 14.3 Å². The van der Waals surface area contributed by atoms with Crippen molar-refractivity contribution in [1.82, 2.24) is 0 Å². The Morgan fingerprint density at radius 3 is 2.04 bits per heavy atom. The van der Waals surface area contributed by atoms with E-state index in [2.05, 4.69) is 10.6 Å². The third-order valence-corrected chi connectivity index (χ3v) is 4.40. The first-order chi connectivity index (χ1) is 12.9. The van der Waals surface area contributed by atoms with E-state index in [0.29, 0.717) is 23.5 Å². The fraction of sp³-hybridized carbons (Fsp3) is 0.333. The summed E-state index contributed by atoms with van der Waals surface area (Å²) >= 11 is 0. The summed E-state index contributed by atoms with van der Waals surface area (Å²) in [6.07, 6.45) is 0.833. The van der Waals surface area contributed by atoms with Crippen LogP contribution in [0.15, 0.2) is 48.5 Å². The molecule has 0 aliphatic carbocycles. The highest BCUT2D eigenvalue weighted by Gasteiger charge is 2.19. The lowest BCUT2D eigenvalue weighted by Crippen LogP contribution is -2.40. The summed E-state index contributed by atoms with van der Waals surface area (Å²) < 4.78 is 5.38. The molecule has 2 unspecified atom stereocenters. The van der Waals surface area contributed by atoms with Gasteiger partial charge in [-0.3, -0.25) is 9.59 Å². The maximum Gasteiger partial charge on any atom is 0.255 e. The van der Waals surface area contributed by atoms with E-state index in [4.69, 9.17) is 10.5 Å². The monoisotopic (exact) mass is 405 g/mol. The molecule has 0 bridgehead atoms. The van der Waals surface area contributed by atoms with E-state index < -0.39 is 6.04 Å². The van der Waals surface area contributed by atoms with E-state index in [1.165, 1.54) is 0 Å². The molecule has 2 aromatic carbocycles. The molecule has 0 aliphatic rings. The van der Waals surface area contributed by atoms with Crippen LogP contribution in [0.1, 0.15) is 37.6 Å². The van der Waals surface area contributed by atoms with Gasteiger partial charge in [-0.15, -0.1) is 12.4 Å². The van der Waals surface area contributed by atoms with Crippen LogP contribution in [0, 0.1) is 5.92 Å². The van der Waals surface area contributed by atoms with Crippen LogP contribution >= 0.6 is 12.4 Å². The van der Waals surface area contributed by atoms with Gasteiger partial charge in [0.15, 0.2) is 0 Å². The number of carbonyl (C=O) groups is 2. The molecule has 0 radical (unpaired) electrons. The molecule has 2 rings (SSSR count). The molecular formula is C21H28ClN3O3. The van der Waals surface area contributed by atoms with Gasteiger partial charge in [0.1, 0.15) is 5.75 Å². The number of halogens is 1. The third-order valence-electron chi connectivity index (χ3n) is 4.40. The average molecular weight is 406 g/mol. The number of anilines is 2. The Hall–Kier alpha value is -2.57. The smallest absolute Gasteiger partial charge is 0.255 e. The van der Waals surface area contributed by atoms with E-state index in [1.807, 2.05) is 20.8 Å². The number of hydrogen-bond donors (Lipinski definition) is 3. The Morgan fingerprint density at radius 1 is 0.964 bits per heavy atom. The summed E-state index contributed by atoms with van der Waals surface area (Å²) in [6.45, 7) is 6.45. The summed E-state index contributed by atoms with van der Waals surface area (Å²) in [5.74, 6) is 0.402. The molecule has 0 saturated carbocycles. The Bertz CT molecular complexity index is 763. The van der Waals surface area contributed by atoms with Gasteiger partial charge in [0.05, 0.1) is 12.6 Å². The zero-order chi connectivity index (χ0) is 19.8. The Labute approximate surface area is 172 Å². The molecular weight excluding hydrogens is 378 g/mol. The third kappa shape index (κ3) is 6.55. The standard InChI is InChI=1S/C21H27N3O3.ClH/c1-4-14(3)19(22)21(26)24-16-8-6-15(7-9-16)20(25)23-17-10-12-18(13-11-17)27-5-2;/h6-14,19H,4-5,22H2,1-3H3,(H,23,25)(H,24,26);1H. The van der Waals surface area contributed by atoms with Gasteiger partial charge >= 0.3 is 0 Å². The lowest BCUT2D eigenvalue weighted by atomic mass is 9.99. The number of ether oxygens (including phenoxy) is 1. The van der Waals surface area contributed by atoms with Gasteiger partial charge in [0, 0.05) is 16.9 Å². The summed E-state index contributed by atoms with van der Waals surface area (Å²) in [5.41, 5.74) is 7.71. The van der Waals surface area contributed by atoms with Crippen molar-refractivity contribution in [2.24, 2.45) is 11.7 Å². The van der Waals surface area contributed by atoms with Crippen molar-refractivity contribution in [3.05, 3.63) is 54.1 Å². The molecule has 0 heterocycles. The highest BCUT2D eigenvalue weighted by atomic mass is 35.5. The molecule has 0 aromatic heterocycles. The Kier molecular flexibility index (Phi) is 9.48. The van der Waals surface area contributed by atoms with Crippen molar-refractivity contribution in [1.29, 1.82) is 0 Å². The van der Waals surface area contributed by atoms with Crippen LogP contribution in [0.25, 0.3) is 0 Å². The summed E-state index contributed by atoms with van der Waals surface area (Å²) in [4.78, 5) is 24.5. The first-order valence-electron chi connectivity index (χ1n) is 9.15. The van der Waals surface area contributed by atoms with Gasteiger partial charge in [-0.1, -0.05) is 20.3 Å². The molecule has 7 heteroatoms. The zero-order valence-corrected chi connectivity index (χ0v) is 17.2. The quantitative estimate of drug-likeness (QED) is 0.617. The molecule has 152 valence electrons. The van der Waals surface area contributed by atoms with E-state index >= 15 is 0 Å². The molecule has 6 nitrogen and oxygen atoms in total. The first kappa shape index (κ1) is 23.5. The molecule has 2 aromatic rings. The van der Waals surface area contributed by atoms with Crippen molar-refractivity contribution in [2.45, 2.75) is 33.2 Å². The minimum Gasteiger partial charge on any atom is -0.494 e. The maximum atomic E-state index is 12.3. The topological polar surface area (TPSA) is 93.5 Å². The number of rotatable bonds is 8. The number of amides is 2. The van der Waals surface area contributed by atoms with Gasteiger partial charge in [0.25, 0.3) is 5.91 Å². The van der Waals surface area contributed by atoms with Crippen molar-refractivity contribution in [3.8, 4) is 5.75 Å². The number of hydrogen-bond acceptors (Lipinski definition) is 4. The van der Waals surface area contributed by atoms with E-state index in [9.17, 15) is 9.59 Å². The predicted octanol–water partition coefficient (Wildman–Crippen LogP) is 4.07. The Morgan fingerprint density at radius 2 is 1.50 bits per heavy atom. The molecule has 2 amide bonds.